The van der Waals surface area contributed by atoms with E-state index in [9.17, 15) is 4.79 Å². The molecule has 4 heteroatoms. The fraction of sp³-hybridized carbons (Fsp3) is 0.750. The SMILES string of the molecule is CC(N)CC(=O)O.[H-].[Na+]. The minimum Gasteiger partial charge on any atom is -1.00 e. The third-order valence-corrected chi connectivity index (χ3v) is 0.497. The molecule has 0 spiro atoms. The standard InChI is InChI=1S/C4H9NO2.Na.H/c1-3(5)2-4(6)7;;/h3H,2,5H2,1H3,(H,6,7);;/q;+1;-1. The Morgan fingerprint density at radius 2 is 2.38 bits per heavy atom. The number of carboxylic acid groups (broad SMARTS) is 1. The quantitative estimate of drug-likeness (QED) is 0.387. The molecule has 44 valence electrons. The van der Waals surface area contributed by atoms with Crippen molar-refractivity contribution in [3.63, 3.8) is 0 Å². The molecule has 0 aliphatic carbocycles. The Hall–Kier alpha value is 0.430. The normalized spacial score (nSPS) is 11.8. The number of hydrogen-bond donors (Lipinski definition) is 2. The summed E-state index contributed by atoms with van der Waals surface area (Å²) in [6, 6.07) is -0.225. The summed E-state index contributed by atoms with van der Waals surface area (Å²) in [5.74, 6) is -0.838. The van der Waals surface area contributed by atoms with Crippen molar-refractivity contribution in [2.24, 2.45) is 5.73 Å². The third kappa shape index (κ3) is 9.66. The van der Waals surface area contributed by atoms with Crippen LogP contribution >= 0.6 is 0 Å². The van der Waals surface area contributed by atoms with Crippen LogP contribution < -0.4 is 35.3 Å². The minimum absolute atomic E-state index is 0. The van der Waals surface area contributed by atoms with Crippen LogP contribution in [0.3, 0.4) is 0 Å². The van der Waals surface area contributed by atoms with Gasteiger partial charge in [-0.15, -0.1) is 0 Å². The van der Waals surface area contributed by atoms with Gasteiger partial charge in [-0.1, -0.05) is 0 Å². The maximum absolute atomic E-state index is 9.73. The molecule has 0 radical (unpaired) electrons. The van der Waals surface area contributed by atoms with Gasteiger partial charge in [0.05, 0.1) is 6.42 Å². The molecule has 0 saturated heterocycles. The maximum atomic E-state index is 9.73. The van der Waals surface area contributed by atoms with Gasteiger partial charge in [0.1, 0.15) is 0 Å². The van der Waals surface area contributed by atoms with Crippen LogP contribution in [0.15, 0.2) is 0 Å². The van der Waals surface area contributed by atoms with E-state index in [2.05, 4.69) is 0 Å². The summed E-state index contributed by atoms with van der Waals surface area (Å²) in [5.41, 5.74) is 5.11. The summed E-state index contributed by atoms with van der Waals surface area (Å²) >= 11 is 0. The van der Waals surface area contributed by atoms with E-state index in [1.807, 2.05) is 0 Å². The van der Waals surface area contributed by atoms with Crippen LogP contribution in [0.25, 0.3) is 0 Å². The van der Waals surface area contributed by atoms with Crippen LogP contribution in [0.2, 0.25) is 0 Å². The maximum Gasteiger partial charge on any atom is 1.00 e. The first-order valence-electron chi connectivity index (χ1n) is 2.10. The van der Waals surface area contributed by atoms with Gasteiger partial charge in [0.15, 0.2) is 0 Å². The topological polar surface area (TPSA) is 63.3 Å². The third-order valence-electron chi connectivity index (χ3n) is 0.497. The summed E-state index contributed by atoms with van der Waals surface area (Å²) < 4.78 is 0. The first-order valence-corrected chi connectivity index (χ1v) is 2.10. The molecule has 0 saturated carbocycles. The monoisotopic (exact) mass is 127 g/mol. The molecule has 0 aromatic rings. The number of aliphatic carboxylic acids is 1. The van der Waals surface area contributed by atoms with Crippen LogP contribution in [-0.2, 0) is 4.79 Å². The van der Waals surface area contributed by atoms with E-state index >= 15 is 0 Å². The van der Waals surface area contributed by atoms with Gasteiger partial charge in [0, 0.05) is 6.04 Å². The average Bonchev–Trinajstić information content (AvgIpc) is 1.27. The van der Waals surface area contributed by atoms with Gasteiger partial charge in [-0.3, -0.25) is 4.79 Å². The molecule has 0 bridgehead atoms. The Morgan fingerprint density at radius 3 is 2.38 bits per heavy atom. The largest absolute Gasteiger partial charge is 1.00 e. The molecule has 3 N–H and O–H groups in total. The molecule has 0 fully saturated rings. The Kier molecular flexibility index (Phi) is 7.83. The van der Waals surface area contributed by atoms with Crippen molar-refractivity contribution in [1.82, 2.24) is 0 Å². The second-order valence-electron chi connectivity index (χ2n) is 1.58. The molecule has 0 aromatic carbocycles. The summed E-state index contributed by atoms with van der Waals surface area (Å²) in [5, 5.41) is 8.00. The van der Waals surface area contributed by atoms with Crippen molar-refractivity contribution >= 4 is 5.97 Å². The molecular formula is C4H10NNaO2. The first kappa shape index (κ1) is 11.3. The fourth-order valence-electron chi connectivity index (χ4n) is 0.275. The summed E-state index contributed by atoms with van der Waals surface area (Å²) in [6.07, 6.45) is 0.0556. The Balaban J connectivity index is -0.000000180. The Bertz CT molecular complexity index is 79.0. The summed E-state index contributed by atoms with van der Waals surface area (Å²) in [7, 11) is 0. The summed E-state index contributed by atoms with van der Waals surface area (Å²) in [6.45, 7) is 1.66. The minimum atomic E-state index is -0.838. The molecule has 8 heavy (non-hydrogen) atoms. The van der Waals surface area contributed by atoms with Crippen LogP contribution in [0.1, 0.15) is 14.8 Å². The van der Waals surface area contributed by atoms with Crippen LogP contribution in [0.4, 0.5) is 0 Å². The van der Waals surface area contributed by atoms with Crippen molar-refractivity contribution in [1.29, 1.82) is 0 Å². The molecule has 0 rings (SSSR count). The van der Waals surface area contributed by atoms with E-state index in [0.29, 0.717) is 0 Å². The van der Waals surface area contributed by atoms with Gasteiger partial charge in [0.2, 0.25) is 0 Å². The predicted molar refractivity (Wildman–Crippen MR) is 27.0 cm³/mol. The van der Waals surface area contributed by atoms with E-state index in [1.54, 1.807) is 6.92 Å². The second kappa shape index (κ2) is 5.56. The Labute approximate surface area is 72.0 Å². The zero-order valence-electron chi connectivity index (χ0n) is 6.22. The smallest absolute Gasteiger partial charge is 1.00 e. The van der Waals surface area contributed by atoms with Crippen molar-refractivity contribution in [3.8, 4) is 0 Å². The molecule has 0 aliphatic rings. The van der Waals surface area contributed by atoms with E-state index in [1.165, 1.54) is 0 Å². The molecule has 3 nitrogen and oxygen atoms in total. The number of carbonyl (C=O) groups is 1. The molecule has 0 amide bonds. The van der Waals surface area contributed by atoms with E-state index in [0.717, 1.165) is 0 Å². The zero-order valence-corrected chi connectivity index (χ0v) is 7.22. The van der Waals surface area contributed by atoms with Gasteiger partial charge < -0.3 is 12.3 Å². The number of carboxylic acids is 1. The predicted octanol–water partition coefficient (Wildman–Crippen LogP) is -3.08. The van der Waals surface area contributed by atoms with Crippen LogP contribution in [0.5, 0.6) is 0 Å². The summed E-state index contributed by atoms with van der Waals surface area (Å²) in [4.78, 5) is 9.73. The fourth-order valence-corrected chi connectivity index (χ4v) is 0.275. The van der Waals surface area contributed by atoms with Gasteiger partial charge in [0.25, 0.3) is 0 Å². The number of hydrogen-bond acceptors (Lipinski definition) is 2. The van der Waals surface area contributed by atoms with Crippen LogP contribution in [-0.4, -0.2) is 17.1 Å². The Morgan fingerprint density at radius 1 is 2.00 bits per heavy atom. The zero-order chi connectivity index (χ0) is 5.86. The van der Waals surface area contributed by atoms with E-state index < -0.39 is 5.97 Å². The van der Waals surface area contributed by atoms with Crippen molar-refractivity contribution in [2.75, 3.05) is 0 Å². The van der Waals surface area contributed by atoms with Gasteiger partial charge in [-0.2, -0.15) is 0 Å². The van der Waals surface area contributed by atoms with Gasteiger partial charge in [-0.05, 0) is 6.92 Å². The van der Waals surface area contributed by atoms with Gasteiger partial charge >= 0.3 is 35.5 Å². The molecule has 1 unspecified atom stereocenters. The molecule has 0 aliphatic heterocycles. The average molecular weight is 127 g/mol. The van der Waals surface area contributed by atoms with Crippen molar-refractivity contribution in [3.05, 3.63) is 0 Å². The van der Waals surface area contributed by atoms with Crippen molar-refractivity contribution < 1.29 is 40.9 Å². The molecule has 0 heterocycles. The molecular weight excluding hydrogens is 117 g/mol. The second-order valence-corrected chi connectivity index (χ2v) is 1.58. The van der Waals surface area contributed by atoms with Crippen LogP contribution in [0, 0.1) is 0 Å². The molecule has 1 atom stereocenters. The van der Waals surface area contributed by atoms with Crippen molar-refractivity contribution in [2.45, 2.75) is 19.4 Å². The molecule has 0 aromatic heterocycles. The number of rotatable bonds is 2. The number of nitrogens with two attached hydrogens (primary N) is 1. The van der Waals surface area contributed by atoms with E-state index in [-0.39, 0.29) is 43.4 Å². The van der Waals surface area contributed by atoms with Gasteiger partial charge in [-0.25, -0.2) is 0 Å². The first-order chi connectivity index (χ1) is 3.13. The van der Waals surface area contributed by atoms with E-state index in [4.69, 9.17) is 10.8 Å².